The maximum atomic E-state index is 13.4. The molecule has 0 bridgehead atoms. The standard InChI is InChI=1S/C26H21N3O3/c30-24(10-7-17-4-3-12-27-15-17)29-13-11-20-19-5-1-2-6-21(19)28-25(20)26(29)18-8-9-22-23(14-18)32-16-31-22/h1-10,12,14-15,26,28H,11,13,16H2. The number of amides is 1. The zero-order valence-electron chi connectivity index (χ0n) is 17.3. The summed E-state index contributed by atoms with van der Waals surface area (Å²) in [5.41, 5.74) is 5.29. The molecule has 4 aromatic rings. The number of para-hydroxylation sites is 1. The topological polar surface area (TPSA) is 67.5 Å². The fraction of sp³-hybridized carbons (Fsp3) is 0.154. The Morgan fingerprint density at radius 2 is 2.00 bits per heavy atom. The van der Waals surface area contributed by atoms with E-state index >= 15 is 0 Å². The lowest BCUT2D eigenvalue weighted by atomic mass is 9.92. The molecule has 4 heterocycles. The summed E-state index contributed by atoms with van der Waals surface area (Å²) in [6.07, 6.45) is 7.70. The summed E-state index contributed by atoms with van der Waals surface area (Å²) in [6, 6.07) is 17.8. The molecule has 6 nitrogen and oxygen atoms in total. The molecule has 1 N–H and O–H groups in total. The number of pyridine rings is 1. The molecule has 0 aliphatic carbocycles. The van der Waals surface area contributed by atoms with Crippen LogP contribution in [0.2, 0.25) is 0 Å². The number of nitrogens with one attached hydrogen (secondary N) is 1. The van der Waals surface area contributed by atoms with Gasteiger partial charge in [-0.1, -0.05) is 30.3 Å². The number of hydrogen-bond donors (Lipinski definition) is 1. The maximum Gasteiger partial charge on any atom is 0.247 e. The van der Waals surface area contributed by atoms with Crippen molar-refractivity contribution >= 4 is 22.9 Å². The smallest absolute Gasteiger partial charge is 0.247 e. The third-order valence-electron chi connectivity index (χ3n) is 6.13. The van der Waals surface area contributed by atoms with E-state index in [-0.39, 0.29) is 18.7 Å². The van der Waals surface area contributed by atoms with Gasteiger partial charge in [0.1, 0.15) is 0 Å². The van der Waals surface area contributed by atoms with Crippen molar-refractivity contribution in [1.29, 1.82) is 0 Å². The van der Waals surface area contributed by atoms with Gasteiger partial charge < -0.3 is 19.4 Å². The first-order valence-electron chi connectivity index (χ1n) is 10.7. The Hall–Kier alpha value is -4.06. The highest BCUT2D eigenvalue weighted by molar-refractivity contribution is 5.93. The van der Waals surface area contributed by atoms with Crippen molar-refractivity contribution in [1.82, 2.24) is 14.9 Å². The van der Waals surface area contributed by atoms with E-state index in [9.17, 15) is 4.79 Å². The lowest BCUT2D eigenvalue weighted by molar-refractivity contribution is -0.128. The van der Waals surface area contributed by atoms with Gasteiger partial charge >= 0.3 is 0 Å². The van der Waals surface area contributed by atoms with Gasteiger partial charge in [0.15, 0.2) is 11.5 Å². The van der Waals surface area contributed by atoms with Crippen molar-refractivity contribution in [3.05, 3.63) is 95.5 Å². The van der Waals surface area contributed by atoms with Gasteiger partial charge in [-0.25, -0.2) is 0 Å². The largest absolute Gasteiger partial charge is 0.454 e. The molecule has 2 aromatic carbocycles. The summed E-state index contributed by atoms with van der Waals surface area (Å²) in [6.45, 7) is 0.849. The SMILES string of the molecule is O=C(C=Cc1cccnc1)N1CCc2c([nH]c3ccccc23)C1c1ccc2c(c1)OCO2. The zero-order chi connectivity index (χ0) is 21.5. The molecule has 6 heteroatoms. The maximum absolute atomic E-state index is 13.4. The van der Waals surface area contributed by atoms with E-state index in [1.54, 1.807) is 18.5 Å². The van der Waals surface area contributed by atoms with E-state index in [0.717, 1.165) is 34.5 Å². The quantitative estimate of drug-likeness (QED) is 0.494. The molecular formula is C26H21N3O3. The molecule has 158 valence electrons. The van der Waals surface area contributed by atoms with Crippen LogP contribution in [0.5, 0.6) is 11.5 Å². The van der Waals surface area contributed by atoms with Gasteiger partial charge in [0, 0.05) is 41.6 Å². The van der Waals surface area contributed by atoms with Crippen LogP contribution in [0.25, 0.3) is 17.0 Å². The average molecular weight is 423 g/mol. The van der Waals surface area contributed by atoms with Crippen LogP contribution in [0.4, 0.5) is 0 Å². The van der Waals surface area contributed by atoms with Crippen LogP contribution in [0.1, 0.15) is 28.4 Å². The number of nitrogens with zero attached hydrogens (tertiary/aromatic N) is 2. The number of H-pyrrole nitrogens is 1. The van der Waals surface area contributed by atoms with Crippen LogP contribution < -0.4 is 9.47 Å². The van der Waals surface area contributed by atoms with Gasteiger partial charge in [0.2, 0.25) is 12.7 Å². The van der Waals surface area contributed by atoms with Crippen molar-refractivity contribution in [2.24, 2.45) is 0 Å². The van der Waals surface area contributed by atoms with Gasteiger partial charge in [-0.15, -0.1) is 0 Å². The van der Waals surface area contributed by atoms with E-state index in [2.05, 4.69) is 28.2 Å². The Labute approximate surface area is 185 Å². The molecule has 1 atom stereocenters. The van der Waals surface area contributed by atoms with Crippen LogP contribution >= 0.6 is 0 Å². The third kappa shape index (κ3) is 3.12. The number of hydrogen-bond acceptors (Lipinski definition) is 4. The van der Waals surface area contributed by atoms with Crippen LogP contribution in [0.3, 0.4) is 0 Å². The number of ether oxygens (including phenoxy) is 2. The lowest BCUT2D eigenvalue weighted by Crippen LogP contribution is -2.39. The number of rotatable bonds is 3. The Morgan fingerprint density at radius 3 is 2.91 bits per heavy atom. The lowest BCUT2D eigenvalue weighted by Gasteiger charge is -2.35. The highest BCUT2D eigenvalue weighted by Gasteiger charge is 2.34. The molecule has 2 aromatic heterocycles. The fourth-order valence-corrected chi connectivity index (χ4v) is 4.65. The van der Waals surface area contributed by atoms with Crippen LogP contribution in [0.15, 0.2) is 73.1 Å². The minimum Gasteiger partial charge on any atom is -0.454 e. The van der Waals surface area contributed by atoms with Crippen molar-refractivity contribution < 1.29 is 14.3 Å². The van der Waals surface area contributed by atoms with E-state index in [1.807, 2.05) is 47.4 Å². The molecule has 2 aliphatic rings. The second-order valence-electron chi connectivity index (χ2n) is 7.98. The van der Waals surface area contributed by atoms with Crippen molar-refractivity contribution in [3.8, 4) is 11.5 Å². The molecule has 0 spiro atoms. The van der Waals surface area contributed by atoms with Crippen molar-refractivity contribution in [2.45, 2.75) is 12.5 Å². The number of carbonyl (C=O) groups excluding carboxylic acids is 1. The van der Waals surface area contributed by atoms with Gasteiger partial charge in [0.25, 0.3) is 0 Å². The van der Waals surface area contributed by atoms with Crippen LogP contribution in [-0.2, 0) is 11.2 Å². The minimum absolute atomic E-state index is 0.0409. The van der Waals surface area contributed by atoms with Gasteiger partial charge in [-0.2, -0.15) is 0 Å². The Bertz CT molecular complexity index is 1340. The third-order valence-corrected chi connectivity index (χ3v) is 6.13. The Kier molecular flexibility index (Phi) is 4.42. The first kappa shape index (κ1) is 18.7. The van der Waals surface area contributed by atoms with Crippen molar-refractivity contribution in [3.63, 3.8) is 0 Å². The molecule has 0 radical (unpaired) electrons. The number of aromatic amines is 1. The summed E-state index contributed by atoms with van der Waals surface area (Å²) in [5, 5.41) is 1.21. The van der Waals surface area contributed by atoms with Crippen LogP contribution in [-0.4, -0.2) is 34.1 Å². The molecule has 32 heavy (non-hydrogen) atoms. The summed E-state index contributed by atoms with van der Waals surface area (Å²) < 4.78 is 11.1. The van der Waals surface area contributed by atoms with Gasteiger partial charge in [-0.05, 0) is 53.5 Å². The number of benzene rings is 2. The van der Waals surface area contributed by atoms with E-state index in [0.29, 0.717) is 12.3 Å². The molecule has 1 amide bonds. The predicted octanol–water partition coefficient (Wildman–Crippen LogP) is 4.48. The van der Waals surface area contributed by atoms with Crippen molar-refractivity contribution in [2.75, 3.05) is 13.3 Å². The highest BCUT2D eigenvalue weighted by atomic mass is 16.7. The minimum atomic E-state index is -0.244. The molecule has 0 saturated heterocycles. The van der Waals surface area contributed by atoms with Gasteiger partial charge in [-0.3, -0.25) is 9.78 Å². The fourth-order valence-electron chi connectivity index (χ4n) is 4.65. The van der Waals surface area contributed by atoms with Gasteiger partial charge in [0.05, 0.1) is 6.04 Å². The monoisotopic (exact) mass is 423 g/mol. The number of aromatic nitrogens is 2. The normalized spacial score (nSPS) is 17.1. The molecule has 2 aliphatic heterocycles. The first-order valence-corrected chi connectivity index (χ1v) is 10.7. The average Bonchev–Trinajstić information content (AvgIpc) is 3.46. The van der Waals surface area contributed by atoms with E-state index < -0.39 is 0 Å². The van der Waals surface area contributed by atoms with E-state index in [4.69, 9.17) is 9.47 Å². The second kappa shape index (κ2) is 7.57. The second-order valence-corrected chi connectivity index (χ2v) is 7.98. The summed E-state index contributed by atoms with van der Waals surface area (Å²) in [4.78, 5) is 23.0. The summed E-state index contributed by atoms with van der Waals surface area (Å²) >= 11 is 0. The molecule has 0 fully saturated rings. The Balaban J connectivity index is 1.44. The number of carbonyl (C=O) groups is 1. The number of fused-ring (bicyclic) bond motifs is 4. The van der Waals surface area contributed by atoms with Crippen LogP contribution in [0, 0.1) is 0 Å². The highest BCUT2D eigenvalue weighted by Crippen LogP contribution is 2.42. The first-order chi connectivity index (χ1) is 15.8. The summed E-state index contributed by atoms with van der Waals surface area (Å²) in [5.74, 6) is 1.40. The molecule has 0 saturated carbocycles. The van der Waals surface area contributed by atoms with E-state index in [1.165, 1.54) is 10.9 Å². The molecular weight excluding hydrogens is 402 g/mol. The zero-order valence-corrected chi connectivity index (χ0v) is 17.3. The molecule has 6 rings (SSSR count). The summed E-state index contributed by atoms with van der Waals surface area (Å²) in [7, 11) is 0. The predicted molar refractivity (Wildman–Crippen MR) is 121 cm³/mol. The Morgan fingerprint density at radius 1 is 1.09 bits per heavy atom. The molecule has 1 unspecified atom stereocenters.